The van der Waals surface area contributed by atoms with Crippen molar-refractivity contribution in [3.8, 4) is 0 Å². The monoisotopic (exact) mass is 164 g/mol. The Morgan fingerprint density at radius 2 is 2.40 bits per heavy atom. The van der Waals surface area contributed by atoms with Crippen LogP contribution in [0.25, 0.3) is 0 Å². The van der Waals surface area contributed by atoms with Gasteiger partial charge in [0.15, 0.2) is 0 Å². The van der Waals surface area contributed by atoms with Crippen LogP contribution in [0.15, 0.2) is 12.4 Å². The molecule has 0 aliphatic heterocycles. The van der Waals surface area contributed by atoms with E-state index in [1.807, 2.05) is 0 Å². The zero-order chi connectivity index (χ0) is 7.61. The molecule has 0 unspecified atom stereocenters. The second kappa shape index (κ2) is 2.37. The summed E-state index contributed by atoms with van der Waals surface area (Å²) in [6, 6.07) is 0. The molecule has 0 atom stereocenters. The fourth-order valence-corrected chi connectivity index (χ4v) is 1.02. The van der Waals surface area contributed by atoms with E-state index in [4.69, 9.17) is 0 Å². The first-order valence-electron chi connectivity index (χ1n) is 2.48. The summed E-state index contributed by atoms with van der Waals surface area (Å²) in [4.78, 5) is 5.99. The van der Waals surface area contributed by atoms with Gasteiger partial charge in [0.05, 0.1) is 0 Å². The third-order valence-corrected chi connectivity index (χ3v) is 1.48. The van der Waals surface area contributed by atoms with Crippen LogP contribution in [0.2, 0.25) is 0 Å². The fourth-order valence-electron chi connectivity index (χ4n) is 0.540. The van der Waals surface area contributed by atoms with Gasteiger partial charge in [0, 0.05) is 12.4 Å². The number of aromatic amines is 1. The molecule has 0 saturated heterocycles. The Labute approximate surface area is 57.3 Å². The number of nitrogens with one attached hydrogen (secondary N) is 1. The van der Waals surface area contributed by atoms with E-state index in [9.17, 15) is 12.3 Å². The summed E-state index contributed by atoms with van der Waals surface area (Å²) >= 11 is 0. The molecule has 1 rings (SSSR count). The Hall–Kier alpha value is -0.910. The molecule has 1 heterocycles. The molecule has 1 N–H and O–H groups in total. The smallest absolute Gasteiger partial charge is 0.309 e. The number of H-pyrrole nitrogens is 1. The molecule has 0 saturated carbocycles. The minimum Gasteiger partial charge on any atom is -0.348 e. The summed E-state index contributed by atoms with van der Waals surface area (Å²) in [6.45, 7) is 0. The highest BCUT2D eigenvalue weighted by Crippen LogP contribution is 1.99. The summed E-state index contributed by atoms with van der Waals surface area (Å²) < 4.78 is 31.8. The quantitative estimate of drug-likeness (QED) is 0.635. The van der Waals surface area contributed by atoms with Gasteiger partial charge < -0.3 is 4.98 Å². The lowest BCUT2D eigenvalue weighted by atomic mass is 10.7. The number of nitrogens with zero attached hydrogens (tertiary/aromatic N) is 1. The zero-order valence-electron chi connectivity index (χ0n) is 4.91. The Balaban J connectivity index is 2.75. The van der Waals surface area contributed by atoms with E-state index in [0.29, 0.717) is 0 Å². The van der Waals surface area contributed by atoms with Crippen LogP contribution in [0.4, 0.5) is 3.89 Å². The van der Waals surface area contributed by atoms with E-state index in [-0.39, 0.29) is 5.82 Å². The van der Waals surface area contributed by atoms with Crippen LogP contribution in [-0.4, -0.2) is 18.4 Å². The first-order chi connectivity index (χ1) is 4.58. The van der Waals surface area contributed by atoms with Crippen LogP contribution < -0.4 is 0 Å². The topological polar surface area (TPSA) is 62.8 Å². The van der Waals surface area contributed by atoms with E-state index in [0.717, 1.165) is 0 Å². The maximum Gasteiger partial charge on any atom is 0.309 e. The lowest BCUT2D eigenvalue weighted by molar-refractivity contribution is 0.549. The molecule has 10 heavy (non-hydrogen) atoms. The van der Waals surface area contributed by atoms with Crippen molar-refractivity contribution in [3.63, 3.8) is 0 Å². The largest absolute Gasteiger partial charge is 0.348 e. The number of rotatable bonds is 2. The summed E-state index contributed by atoms with van der Waals surface area (Å²) in [5, 5.41) is 0. The first-order valence-corrected chi connectivity index (χ1v) is 4.04. The molecule has 0 bridgehead atoms. The molecule has 6 heteroatoms. The Morgan fingerprint density at radius 1 is 1.70 bits per heavy atom. The summed E-state index contributed by atoms with van der Waals surface area (Å²) in [5.74, 6) is -0.567. The molecule has 1 aromatic rings. The van der Waals surface area contributed by atoms with Crippen molar-refractivity contribution in [2.24, 2.45) is 0 Å². The Bertz CT molecular complexity index is 291. The van der Waals surface area contributed by atoms with Crippen LogP contribution in [0.5, 0.6) is 0 Å². The normalized spacial score (nSPS) is 11.7. The molecule has 0 aliphatic carbocycles. The van der Waals surface area contributed by atoms with Gasteiger partial charge in [-0.15, -0.1) is 3.89 Å². The number of aromatic nitrogens is 2. The van der Waals surface area contributed by atoms with E-state index in [1.54, 1.807) is 0 Å². The second-order valence-corrected chi connectivity index (χ2v) is 3.09. The van der Waals surface area contributed by atoms with Gasteiger partial charge in [0.25, 0.3) is 0 Å². The highest BCUT2D eigenvalue weighted by atomic mass is 32.3. The maximum absolute atomic E-state index is 11.9. The molecule has 0 spiro atoms. The van der Waals surface area contributed by atoms with Gasteiger partial charge in [-0.3, -0.25) is 0 Å². The molecule has 1 aromatic heterocycles. The minimum atomic E-state index is -4.44. The number of halogens is 1. The number of imidazole rings is 1. The van der Waals surface area contributed by atoms with Gasteiger partial charge >= 0.3 is 10.2 Å². The number of hydrogen-bond acceptors (Lipinski definition) is 3. The highest BCUT2D eigenvalue weighted by Gasteiger charge is 2.09. The lowest BCUT2D eigenvalue weighted by Gasteiger charge is -1.87. The van der Waals surface area contributed by atoms with Crippen molar-refractivity contribution in [3.05, 3.63) is 18.2 Å². The van der Waals surface area contributed by atoms with E-state index >= 15 is 0 Å². The van der Waals surface area contributed by atoms with Crippen LogP contribution >= 0.6 is 0 Å². The molecular formula is C4H5FN2O2S. The van der Waals surface area contributed by atoms with Crippen molar-refractivity contribution < 1.29 is 12.3 Å². The molecule has 0 fully saturated rings. The third kappa shape index (κ3) is 2.14. The Kier molecular flexibility index (Phi) is 1.71. The molecule has 4 nitrogen and oxygen atoms in total. The molecule has 0 radical (unpaired) electrons. The van der Waals surface area contributed by atoms with Crippen LogP contribution in [-0.2, 0) is 16.0 Å². The number of hydrogen-bond donors (Lipinski definition) is 1. The van der Waals surface area contributed by atoms with Gasteiger partial charge in [-0.1, -0.05) is 0 Å². The first kappa shape index (κ1) is 7.20. The molecule has 0 aliphatic rings. The molecule has 56 valence electrons. The van der Waals surface area contributed by atoms with Gasteiger partial charge in [-0.25, -0.2) is 4.98 Å². The van der Waals surface area contributed by atoms with Gasteiger partial charge in [0.1, 0.15) is 11.6 Å². The average molecular weight is 164 g/mol. The van der Waals surface area contributed by atoms with E-state index in [2.05, 4.69) is 9.97 Å². The summed E-state index contributed by atoms with van der Waals surface area (Å²) in [7, 11) is -4.44. The molecular weight excluding hydrogens is 159 g/mol. The van der Waals surface area contributed by atoms with Gasteiger partial charge in [-0.05, 0) is 0 Å². The third-order valence-electron chi connectivity index (χ3n) is 0.864. The lowest BCUT2D eigenvalue weighted by Crippen LogP contribution is -1.97. The van der Waals surface area contributed by atoms with Crippen molar-refractivity contribution in [1.82, 2.24) is 9.97 Å². The maximum atomic E-state index is 11.9. The predicted molar refractivity (Wildman–Crippen MR) is 32.3 cm³/mol. The predicted octanol–water partition coefficient (Wildman–Crippen LogP) is 0.209. The summed E-state index contributed by atoms with van der Waals surface area (Å²) in [5.41, 5.74) is 0. The van der Waals surface area contributed by atoms with Crippen molar-refractivity contribution >= 4 is 10.2 Å². The summed E-state index contributed by atoms with van der Waals surface area (Å²) in [6.07, 6.45) is 2.79. The molecule has 0 aromatic carbocycles. The highest BCUT2D eigenvalue weighted by molar-refractivity contribution is 7.85. The van der Waals surface area contributed by atoms with E-state index < -0.39 is 16.0 Å². The van der Waals surface area contributed by atoms with Crippen LogP contribution in [0.1, 0.15) is 5.82 Å². The van der Waals surface area contributed by atoms with Crippen molar-refractivity contribution in [2.45, 2.75) is 5.75 Å². The van der Waals surface area contributed by atoms with Gasteiger partial charge in [0.2, 0.25) is 0 Å². The van der Waals surface area contributed by atoms with Gasteiger partial charge in [-0.2, -0.15) is 8.42 Å². The van der Waals surface area contributed by atoms with E-state index in [1.165, 1.54) is 12.4 Å². The van der Waals surface area contributed by atoms with Crippen LogP contribution in [0.3, 0.4) is 0 Å². The average Bonchev–Trinajstić information content (AvgIpc) is 2.12. The SMILES string of the molecule is O=S(=O)(F)Cc1ncc[nH]1. The second-order valence-electron chi connectivity index (χ2n) is 1.72. The minimum absolute atomic E-state index is 0.113. The van der Waals surface area contributed by atoms with Crippen molar-refractivity contribution in [1.29, 1.82) is 0 Å². The standard InChI is InChI=1S/C4H5FN2O2S/c5-10(8,9)3-4-6-1-2-7-4/h1-2H,3H2,(H,6,7). The van der Waals surface area contributed by atoms with Crippen molar-refractivity contribution in [2.75, 3.05) is 0 Å². The van der Waals surface area contributed by atoms with Crippen LogP contribution in [0, 0.1) is 0 Å². The Morgan fingerprint density at radius 3 is 2.80 bits per heavy atom. The fraction of sp³-hybridized carbons (Fsp3) is 0.250. The zero-order valence-corrected chi connectivity index (χ0v) is 5.73. The molecule has 0 amide bonds.